The number of pyridine rings is 2. The summed E-state index contributed by atoms with van der Waals surface area (Å²) in [5, 5.41) is 8.55. The quantitative estimate of drug-likeness (QED) is 0.537. The van der Waals surface area contributed by atoms with Gasteiger partial charge < -0.3 is 9.88 Å². The van der Waals surface area contributed by atoms with Crippen LogP contribution in [0.3, 0.4) is 0 Å². The van der Waals surface area contributed by atoms with Crippen molar-refractivity contribution in [1.82, 2.24) is 19.3 Å². The first-order valence-corrected chi connectivity index (χ1v) is 9.39. The van der Waals surface area contributed by atoms with Crippen LogP contribution >= 0.6 is 23.2 Å². The maximum Gasteiger partial charge on any atom is 0.258 e. The van der Waals surface area contributed by atoms with Crippen LogP contribution in [0, 0.1) is 0 Å². The Bertz CT molecular complexity index is 1300. The van der Waals surface area contributed by atoms with Crippen LogP contribution in [0.5, 0.6) is 0 Å². The number of nitrogens with zero attached hydrogens (tertiary/aromatic N) is 4. The van der Waals surface area contributed by atoms with Crippen molar-refractivity contribution in [2.75, 3.05) is 5.32 Å². The van der Waals surface area contributed by atoms with Gasteiger partial charge >= 0.3 is 0 Å². The minimum absolute atomic E-state index is 0.230. The van der Waals surface area contributed by atoms with E-state index in [9.17, 15) is 9.59 Å². The van der Waals surface area contributed by atoms with Crippen molar-refractivity contribution >= 4 is 45.6 Å². The molecule has 9 heteroatoms. The van der Waals surface area contributed by atoms with Crippen LogP contribution < -0.4 is 10.9 Å². The smallest absolute Gasteiger partial charge is 0.258 e. The molecule has 0 radical (unpaired) electrons. The summed E-state index contributed by atoms with van der Waals surface area (Å²) in [5.74, 6) is -0.362. The number of hydrogen-bond donors (Lipinski definition) is 1. The maximum absolute atomic E-state index is 13.0. The summed E-state index contributed by atoms with van der Waals surface area (Å²) in [6.45, 7) is 0.237. The molecule has 0 aliphatic rings. The minimum Gasteiger partial charge on any atom is -0.319 e. The number of aryl methyl sites for hydroxylation is 1. The number of carbonyl (C=O) groups excluding carboxylic acids is 1. The molecule has 29 heavy (non-hydrogen) atoms. The van der Waals surface area contributed by atoms with Gasteiger partial charge in [0.15, 0.2) is 0 Å². The first-order chi connectivity index (χ1) is 13.9. The van der Waals surface area contributed by atoms with Crippen LogP contribution in [0.15, 0.2) is 60.0 Å². The van der Waals surface area contributed by atoms with Crippen LogP contribution in [-0.2, 0) is 13.6 Å². The van der Waals surface area contributed by atoms with Crippen molar-refractivity contribution < 1.29 is 4.79 Å². The lowest BCUT2D eigenvalue weighted by Crippen LogP contribution is -2.24. The predicted molar refractivity (Wildman–Crippen MR) is 113 cm³/mol. The van der Waals surface area contributed by atoms with Gasteiger partial charge in [-0.25, -0.2) is 0 Å². The highest BCUT2D eigenvalue weighted by atomic mass is 35.5. The second kappa shape index (κ2) is 7.69. The molecule has 0 aliphatic carbocycles. The second-order valence-corrected chi connectivity index (χ2v) is 7.32. The average molecular weight is 428 g/mol. The van der Waals surface area contributed by atoms with Gasteiger partial charge in [-0.3, -0.25) is 19.3 Å². The summed E-state index contributed by atoms with van der Waals surface area (Å²) in [5.41, 5.74) is 1.44. The minimum atomic E-state index is -0.362. The number of amides is 1. The van der Waals surface area contributed by atoms with E-state index in [1.165, 1.54) is 23.2 Å². The Labute approximate surface area is 175 Å². The van der Waals surface area contributed by atoms with Crippen molar-refractivity contribution in [3.63, 3.8) is 0 Å². The van der Waals surface area contributed by atoms with Gasteiger partial charge in [-0.05, 0) is 23.8 Å². The molecule has 7 nitrogen and oxygen atoms in total. The number of rotatable bonds is 4. The third-order valence-electron chi connectivity index (χ3n) is 4.43. The molecule has 4 rings (SSSR count). The van der Waals surface area contributed by atoms with Gasteiger partial charge in [0.2, 0.25) is 0 Å². The Morgan fingerprint density at radius 2 is 1.93 bits per heavy atom. The Kier molecular flexibility index (Phi) is 5.08. The summed E-state index contributed by atoms with van der Waals surface area (Å²) in [4.78, 5) is 29.9. The molecule has 3 heterocycles. The largest absolute Gasteiger partial charge is 0.319 e. The number of nitrogens with one attached hydrogen (secondary N) is 1. The second-order valence-electron chi connectivity index (χ2n) is 6.50. The van der Waals surface area contributed by atoms with E-state index in [-0.39, 0.29) is 18.0 Å². The number of fused-ring (bicyclic) bond motifs is 1. The fourth-order valence-electron chi connectivity index (χ4n) is 3.05. The van der Waals surface area contributed by atoms with Crippen LogP contribution in [0.1, 0.15) is 15.9 Å². The predicted octanol–water partition coefficient (Wildman–Crippen LogP) is 3.74. The molecule has 4 aromatic rings. The van der Waals surface area contributed by atoms with E-state index in [0.717, 1.165) is 5.56 Å². The fourth-order valence-corrected chi connectivity index (χ4v) is 3.37. The first kappa shape index (κ1) is 19.2. The molecule has 1 amide bonds. The summed E-state index contributed by atoms with van der Waals surface area (Å²) in [6, 6.07) is 6.75. The van der Waals surface area contributed by atoms with Crippen LogP contribution in [0.2, 0.25) is 10.0 Å². The zero-order valence-electron chi connectivity index (χ0n) is 15.3. The highest BCUT2D eigenvalue weighted by molar-refractivity contribution is 6.42. The standard InChI is InChI=1S/C20H15Cl2N5O2/c1-26-10-13(7-24-26)25-19(28)16-11-27(9-12-2-3-17(21)18(22)6-12)20(29)14-4-5-23-8-15(14)16/h2-8,10-11H,9H2,1H3,(H,25,28). The number of benzene rings is 1. The molecule has 0 unspecified atom stereocenters. The summed E-state index contributed by atoms with van der Waals surface area (Å²) < 4.78 is 3.06. The molecule has 0 aliphatic heterocycles. The molecule has 0 fully saturated rings. The SMILES string of the molecule is Cn1cc(NC(=O)c2cn(Cc3ccc(Cl)c(Cl)c3)c(=O)c3ccncc23)cn1. The molecule has 0 saturated heterocycles. The molecule has 1 N–H and O–H groups in total. The van der Waals surface area contributed by atoms with Crippen LogP contribution in [0.25, 0.3) is 10.8 Å². The summed E-state index contributed by atoms with van der Waals surface area (Å²) >= 11 is 12.1. The molecule has 0 spiro atoms. The molecule has 0 saturated carbocycles. The molecule has 0 atom stereocenters. The molecule has 1 aromatic carbocycles. The van der Waals surface area contributed by atoms with Crippen molar-refractivity contribution in [2.24, 2.45) is 7.05 Å². The lowest BCUT2D eigenvalue weighted by molar-refractivity contribution is 0.102. The van der Waals surface area contributed by atoms with E-state index in [4.69, 9.17) is 23.2 Å². The lowest BCUT2D eigenvalue weighted by atomic mass is 10.1. The van der Waals surface area contributed by atoms with Crippen molar-refractivity contribution in [2.45, 2.75) is 6.54 Å². The molecule has 3 aromatic heterocycles. The van der Waals surface area contributed by atoms with Gasteiger partial charge in [-0.1, -0.05) is 29.3 Å². The van der Waals surface area contributed by atoms with Gasteiger partial charge in [0, 0.05) is 37.2 Å². The van der Waals surface area contributed by atoms with Crippen molar-refractivity contribution in [3.05, 3.63) is 86.8 Å². The van der Waals surface area contributed by atoms with E-state index in [2.05, 4.69) is 15.4 Å². The number of hydrogen-bond acceptors (Lipinski definition) is 4. The zero-order valence-corrected chi connectivity index (χ0v) is 16.8. The molecule has 146 valence electrons. The van der Waals surface area contributed by atoms with E-state index < -0.39 is 0 Å². The Hall–Kier alpha value is -3.16. The van der Waals surface area contributed by atoms with E-state index in [0.29, 0.717) is 32.1 Å². The first-order valence-electron chi connectivity index (χ1n) is 8.63. The average Bonchev–Trinajstić information content (AvgIpc) is 3.11. The van der Waals surface area contributed by atoms with Gasteiger partial charge in [-0.2, -0.15) is 5.10 Å². The zero-order chi connectivity index (χ0) is 20.5. The van der Waals surface area contributed by atoms with E-state index in [1.807, 2.05) is 0 Å². The molecular weight excluding hydrogens is 413 g/mol. The monoisotopic (exact) mass is 427 g/mol. The third kappa shape index (κ3) is 3.87. The topological polar surface area (TPSA) is 81.8 Å². The van der Waals surface area contributed by atoms with Gasteiger partial charge in [-0.15, -0.1) is 0 Å². The van der Waals surface area contributed by atoms with Gasteiger partial charge in [0.25, 0.3) is 11.5 Å². The number of halogens is 2. The molecular formula is C20H15Cl2N5O2. The maximum atomic E-state index is 13.0. The number of anilines is 1. The Morgan fingerprint density at radius 1 is 1.10 bits per heavy atom. The summed E-state index contributed by atoms with van der Waals surface area (Å²) in [6.07, 6.45) is 7.79. The van der Waals surface area contributed by atoms with E-state index in [1.54, 1.807) is 48.4 Å². The van der Waals surface area contributed by atoms with Crippen LogP contribution in [0.4, 0.5) is 5.69 Å². The van der Waals surface area contributed by atoms with Crippen LogP contribution in [-0.4, -0.2) is 25.2 Å². The van der Waals surface area contributed by atoms with Gasteiger partial charge in [0.1, 0.15) is 0 Å². The molecule has 0 bridgehead atoms. The highest BCUT2D eigenvalue weighted by Gasteiger charge is 2.16. The van der Waals surface area contributed by atoms with Crippen molar-refractivity contribution in [3.8, 4) is 0 Å². The summed E-state index contributed by atoms with van der Waals surface area (Å²) in [7, 11) is 1.76. The fraction of sp³-hybridized carbons (Fsp3) is 0.100. The highest BCUT2D eigenvalue weighted by Crippen LogP contribution is 2.23. The number of carbonyl (C=O) groups is 1. The lowest BCUT2D eigenvalue weighted by Gasteiger charge is -2.12. The Balaban J connectivity index is 1.79. The van der Waals surface area contributed by atoms with Crippen molar-refractivity contribution in [1.29, 1.82) is 0 Å². The third-order valence-corrected chi connectivity index (χ3v) is 5.17. The number of aromatic nitrogens is 4. The van der Waals surface area contributed by atoms with E-state index >= 15 is 0 Å². The van der Waals surface area contributed by atoms with Gasteiger partial charge in [0.05, 0.1) is 39.4 Å². The normalized spacial score (nSPS) is 11.0. The Morgan fingerprint density at radius 3 is 2.66 bits per heavy atom.